The first kappa shape index (κ1) is 14.0. The van der Waals surface area contributed by atoms with Crippen molar-refractivity contribution in [2.45, 2.75) is 32.6 Å². The number of benzene rings is 1. The van der Waals surface area contributed by atoms with Gasteiger partial charge in [0.25, 0.3) is 0 Å². The number of aliphatic hydroxyl groups is 1. The third-order valence-corrected chi connectivity index (χ3v) is 2.28. The van der Waals surface area contributed by atoms with Crippen LogP contribution in [0.4, 0.5) is 0 Å². The summed E-state index contributed by atoms with van der Waals surface area (Å²) in [6.45, 7) is 5.53. The van der Waals surface area contributed by atoms with Gasteiger partial charge in [0, 0.05) is 19.6 Å². The van der Waals surface area contributed by atoms with Crippen LogP contribution in [0.15, 0.2) is 24.3 Å². The Morgan fingerprint density at radius 1 is 1.29 bits per heavy atom. The fourth-order valence-corrected chi connectivity index (χ4v) is 1.42. The zero-order chi connectivity index (χ0) is 12.7. The van der Waals surface area contributed by atoms with Crippen molar-refractivity contribution in [1.29, 1.82) is 0 Å². The Bertz CT molecular complexity index is 312. The van der Waals surface area contributed by atoms with E-state index in [1.54, 1.807) is 0 Å². The molecule has 4 nitrogen and oxygen atoms in total. The highest BCUT2D eigenvalue weighted by Crippen LogP contribution is 2.13. The van der Waals surface area contributed by atoms with E-state index in [1.165, 1.54) is 0 Å². The second kappa shape index (κ2) is 7.27. The molecule has 0 bridgehead atoms. The third kappa shape index (κ3) is 5.68. The molecule has 0 spiro atoms. The van der Waals surface area contributed by atoms with Gasteiger partial charge in [-0.3, -0.25) is 0 Å². The summed E-state index contributed by atoms with van der Waals surface area (Å²) in [5.41, 5.74) is 6.47. The molecule has 0 aliphatic carbocycles. The molecule has 1 aromatic carbocycles. The van der Waals surface area contributed by atoms with Crippen LogP contribution in [-0.2, 0) is 6.54 Å². The molecule has 1 unspecified atom stereocenters. The van der Waals surface area contributed by atoms with Crippen molar-refractivity contribution in [2.24, 2.45) is 5.73 Å². The molecule has 4 N–H and O–H groups in total. The molecule has 0 aliphatic rings. The summed E-state index contributed by atoms with van der Waals surface area (Å²) in [5.74, 6) is 0.880. The molecule has 0 fully saturated rings. The predicted molar refractivity (Wildman–Crippen MR) is 69.0 cm³/mol. The number of hydrogen-bond acceptors (Lipinski definition) is 4. The summed E-state index contributed by atoms with van der Waals surface area (Å²) < 4.78 is 5.55. The van der Waals surface area contributed by atoms with Gasteiger partial charge < -0.3 is 20.9 Å². The highest BCUT2D eigenvalue weighted by atomic mass is 16.5. The fourth-order valence-electron chi connectivity index (χ4n) is 1.42. The Kier molecular flexibility index (Phi) is 5.97. The Morgan fingerprint density at radius 2 is 1.94 bits per heavy atom. The van der Waals surface area contributed by atoms with Gasteiger partial charge in [-0.15, -0.1) is 0 Å². The molecule has 17 heavy (non-hydrogen) atoms. The van der Waals surface area contributed by atoms with Crippen molar-refractivity contribution < 1.29 is 9.84 Å². The molecule has 1 aromatic rings. The monoisotopic (exact) mass is 238 g/mol. The van der Waals surface area contributed by atoms with Gasteiger partial charge in [-0.25, -0.2) is 0 Å². The molecule has 0 radical (unpaired) electrons. The lowest BCUT2D eigenvalue weighted by atomic mass is 10.2. The van der Waals surface area contributed by atoms with Crippen molar-refractivity contribution in [1.82, 2.24) is 5.32 Å². The van der Waals surface area contributed by atoms with E-state index >= 15 is 0 Å². The van der Waals surface area contributed by atoms with Gasteiger partial charge >= 0.3 is 0 Å². The van der Waals surface area contributed by atoms with Crippen LogP contribution in [0.2, 0.25) is 0 Å². The quantitative estimate of drug-likeness (QED) is 0.660. The van der Waals surface area contributed by atoms with E-state index in [9.17, 15) is 5.11 Å². The maximum atomic E-state index is 9.27. The second-order valence-corrected chi connectivity index (χ2v) is 4.33. The van der Waals surface area contributed by atoms with Crippen molar-refractivity contribution in [3.8, 4) is 5.75 Å². The molecule has 0 aliphatic heterocycles. The molecule has 0 saturated heterocycles. The van der Waals surface area contributed by atoms with Crippen molar-refractivity contribution in [3.63, 3.8) is 0 Å². The molecule has 0 saturated carbocycles. The first-order valence-corrected chi connectivity index (χ1v) is 5.96. The van der Waals surface area contributed by atoms with Crippen LogP contribution in [0.25, 0.3) is 0 Å². The first-order valence-electron chi connectivity index (χ1n) is 5.96. The van der Waals surface area contributed by atoms with E-state index in [2.05, 4.69) is 5.32 Å². The van der Waals surface area contributed by atoms with Crippen molar-refractivity contribution in [2.75, 3.05) is 13.1 Å². The minimum atomic E-state index is -0.474. The maximum Gasteiger partial charge on any atom is 0.119 e. The zero-order valence-electron chi connectivity index (χ0n) is 10.5. The highest BCUT2D eigenvalue weighted by molar-refractivity contribution is 5.27. The van der Waals surface area contributed by atoms with Gasteiger partial charge in [-0.2, -0.15) is 0 Å². The summed E-state index contributed by atoms with van der Waals surface area (Å²) in [4.78, 5) is 0. The minimum absolute atomic E-state index is 0.193. The number of nitrogens with one attached hydrogen (secondary N) is 1. The van der Waals surface area contributed by atoms with E-state index in [4.69, 9.17) is 10.5 Å². The van der Waals surface area contributed by atoms with E-state index in [0.29, 0.717) is 6.54 Å². The number of hydrogen-bond donors (Lipinski definition) is 3. The van der Waals surface area contributed by atoms with Crippen LogP contribution < -0.4 is 15.8 Å². The summed E-state index contributed by atoms with van der Waals surface area (Å²) in [6.07, 6.45) is -0.280. The Hall–Kier alpha value is -1.10. The van der Waals surface area contributed by atoms with Gasteiger partial charge in [0.2, 0.25) is 0 Å². The van der Waals surface area contributed by atoms with E-state index in [0.717, 1.165) is 17.9 Å². The van der Waals surface area contributed by atoms with Crippen LogP contribution in [0, 0.1) is 0 Å². The summed E-state index contributed by atoms with van der Waals surface area (Å²) in [7, 11) is 0. The first-order chi connectivity index (χ1) is 8.11. The standard InChI is InChI=1S/C13H22N2O2/c1-10(2)17-13-5-3-11(4-6-13)8-15-9-12(16)7-14/h3-6,10,12,15-16H,7-9,14H2,1-2H3. The molecule has 96 valence electrons. The molecule has 0 aromatic heterocycles. The summed E-state index contributed by atoms with van der Waals surface area (Å²) >= 11 is 0. The smallest absolute Gasteiger partial charge is 0.119 e. The number of rotatable bonds is 7. The number of nitrogens with two attached hydrogens (primary N) is 1. The fraction of sp³-hybridized carbons (Fsp3) is 0.538. The predicted octanol–water partition coefficient (Wildman–Crippen LogP) is 0.883. The summed E-state index contributed by atoms with van der Waals surface area (Å²) in [5, 5.41) is 12.4. The largest absolute Gasteiger partial charge is 0.491 e. The Balaban J connectivity index is 2.35. The zero-order valence-corrected chi connectivity index (χ0v) is 10.5. The van der Waals surface area contributed by atoms with Crippen LogP contribution in [0.3, 0.4) is 0 Å². The van der Waals surface area contributed by atoms with Crippen LogP contribution in [0.1, 0.15) is 19.4 Å². The van der Waals surface area contributed by atoms with Crippen molar-refractivity contribution in [3.05, 3.63) is 29.8 Å². The second-order valence-electron chi connectivity index (χ2n) is 4.33. The molecular formula is C13H22N2O2. The van der Waals surface area contributed by atoms with Gasteiger partial charge in [-0.1, -0.05) is 12.1 Å². The molecule has 4 heteroatoms. The molecule has 1 rings (SSSR count). The lowest BCUT2D eigenvalue weighted by Gasteiger charge is -2.11. The van der Waals surface area contributed by atoms with Gasteiger partial charge in [0.1, 0.15) is 5.75 Å². The minimum Gasteiger partial charge on any atom is -0.491 e. The Morgan fingerprint density at radius 3 is 2.47 bits per heavy atom. The lowest BCUT2D eigenvalue weighted by Crippen LogP contribution is -2.32. The van der Waals surface area contributed by atoms with Crippen LogP contribution in [-0.4, -0.2) is 30.4 Å². The summed E-state index contributed by atoms with van der Waals surface area (Å²) in [6, 6.07) is 7.94. The van der Waals surface area contributed by atoms with E-state index in [-0.39, 0.29) is 12.6 Å². The average molecular weight is 238 g/mol. The number of ether oxygens (including phenoxy) is 1. The lowest BCUT2D eigenvalue weighted by molar-refractivity contribution is 0.179. The normalized spacial score (nSPS) is 12.8. The average Bonchev–Trinajstić information content (AvgIpc) is 2.30. The van der Waals surface area contributed by atoms with Crippen molar-refractivity contribution >= 4 is 0 Å². The maximum absolute atomic E-state index is 9.27. The SMILES string of the molecule is CC(C)Oc1ccc(CNCC(O)CN)cc1. The van der Waals surface area contributed by atoms with Gasteiger partial charge in [-0.05, 0) is 31.5 Å². The van der Waals surface area contributed by atoms with Crippen LogP contribution in [0.5, 0.6) is 5.75 Å². The topological polar surface area (TPSA) is 67.5 Å². The van der Waals surface area contributed by atoms with Gasteiger partial charge in [0.15, 0.2) is 0 Å². The van der Waals surface area contributed by atoms with Crippen LogP contribution >= 0.6 is 0 Å². The van der Waals surface area contributed by atoms with E-state index in [1.807, 2.05) is 38.1 Å². The number of aliphatic hydroxyl groups excluding tert-OH is 1. The molecule has 1 atom stereocenters. The Labute approximate surface area is 103 Å². The molecular weight excluding hydrogens is 216 g/mol. The highest BCUT2D eigenvalue weighted by Gasteiger charge is 2.01. The molecule has 0 heterocycles. The van der Waals surface area contributed by atoms with Gasteiger partial charge in [0.05, 0.1) is 12.2 Å². The third-order valence-electron chi connectivity index (χ3n) is 2.28. The van der Waals surface area contributed by atoms with E-state index < -0.39 is 6.10 Å². The molecule has 0 amide bonds.